The topological polar surface area (TPSA) is 39.4 Å². The molecule has 0 unspecified atom stereocenters. The summed E-state index contributed by atoms with van der Waals surface area (Å²) in [5.41, 5.74) is 2.64. The van der Waals surface area contributed by atoms with Gasteiger partial charge in [-0.15, -0.1) is 0 Å². The molecule has 4 aromatic rings. The number of halogens is 2. The van der Waals surface area contributed by atoms with Crippen LogP contribution in [0.4, 0.5) is 0 Å². The lowest BCUT2D eigenvalue weighted by atomic mass is 10.1. The minimum Gasteiger partial charge on any atom is -0.489 e. The van der Waals surface area contributed by atoms with E-state index in [-0.39, 0.29) is 5.43 Å². The highest BCUT2D eigenvalue weighted by Gasteiger charge is 2.10. The molecule has 134 valence electrons. The summed E-state index contributed by atoms with van der Waals surface area (Å²) in [6.07, 6.45) is 1.47. The van der Waals surface area contributed by atoms with E-state index < -0.39 is 0 Å². The zero-order valence-electron chi connectivity index (χ0n) is 14.1. The van der Waals surface area contributed by atoms with Gasteiger partial charge in [0.2, 0.25) is 0 Å². The maximum Gasteiger partial charge on any atom is 0.200 e. The first kappa shape index (κ1) is 17.7. The molecule has 0 amide bonds. The molecule has 0 N–H and O–H groups in total. The average Bonchev–Trinajstić information content (AvgIpc) is 2.69. The fraction of sp³-hybridized carbons (Fsp3) is 0.0455. The van der Waals surface area contributed by atoms with Crippen molar-refractivity contribution in [2.75, 3.05) is 0 Å². The lowest BCUT2D eigenvalue weighted by molar-refractivity contribution is 0.306. The number of fused-ring (bicyclic) bond motifs is 1. The monoisotopic (exact) mass is 396 g/mol. The molecule has 0 saturated heterocycles. The summed E-state index contributed by atoms with van der Waals surface area (Å²) in [7, 11) is 0. The Morgan fingerprint density at radius 1 is 0.852 bits per heavy atom. The van der Waals surface area contributed by atoms with Gasteiger partial charge in [-0.25, -0.2) is 0 Å². The first-order chi connectivity index (χ1) is 13.1. The van der Waals surface area contributed by atoms with Crippen molar-refractivity contribution in [2.24, 2.45) is 0 Å². The van der Waals surface area contributed by atoms with E-state index in [9.17, 15) is 4.79 Å². The second-order valence-corrected chi connectivity index (χ2v) is 6.93. The lowest BCUT2D eigenvalue weighted by Crippen LogP contribution is -2.05. The minimum absolute atomic E-state index is 0.0946. The molecule has 0 saturated carbocycles. The van der Waals surface area contributed by atoms with Crippen molar-refractivity contribution in [1.29, 1.82) is 0 Å². The Balaban J connectivity index is 1.61. The van der Waals surface area contributed by atoms with Gasteiger partial charge in [0.15, 0.2) is 5.43 Å². The van der Waals surface area contributed by atoms with Gasteiger partial charge in [-0.2, -0.15) is 0 Å². The van der Waals surface area contributed by atoms with Crippen LogP contribution in [-0.4, -0.2) is 0 Å². The van der Waals surface area contributed by atoms with Crippen LogP contribution in [0.5, 0.6) is 5.75 Å². The van der Waals surface area contributed by atoms with E-state index in [4.69, 9.17) is 32.4 Å². The zero-order valence-corrected chi connectivity index (χ0v) is 15.6. The van der Waals surface area contributed by atoms with Crippen LogP contribution in [0.2, 0.25) is 10.0 Å². The maximum atomic E-state index is 12.8. The smallest absolute Gasteiger partial charge is 0.200 e. The number of ether oxygens (including phenoxy) is 1. The Morgan fingerprint density at radius 3 is 2.22 bits per heavy atom. The highest BCUT2D eigenvalue weighted by Crippen LogP contribution is 2.24. The molecule has 0 atom stereocenters. The Labute approximate surface area is 165 Å². The van der Waals surface area contributed by atoms with Crippen LogP contribution >= 0.6 is 23.2 Å². The normalized spacial score (nSPS) is 10.9. The van der Waals surface area contributed by atoms with Gasteiger partial charge >= 0.3 is 0 Å². The molecule has 0 fully saturated rings. The van der Waals surface area contributed by atoms with Crippen molar-refractivity contribution in [3.63, 3.8) is 0 Å². The summed E-state index contributed by atoms with van der Waals surface area (Å²) in [4.78, 5) is 12.8. The summed E-state index contributed by atoms with van der Waals surface area (Å²) in [5.74, 6) is 0.625. The number of rotatable bonds is 4. The van der Waals surface area contributed by atoms with Gasteiger partial charge in [0, 0.05) is 16.1 Å². The Kier molecular flexibility index (Phi) is 4.88. The molecular weight excluding hydrogens is 383 g/mol. The summed E-state index contributed by atoms with van der Waals surface area (Å²) in [6, 6.07) is 19.7. The average molecular weight is 397 g/mol. The molecule has 5 heteroatoms. The van der Waals surface area contributed by atoms with Gasteiger partial charge in [0.05, 0.1) is 10.9 Å². The third-order valence-corrected chi connectivity index (χ3v) is 4.72. The quantitative estimate of drug-likeness (QED) is 0.403. The predicted molar refractivity (Wildman–Crippen MR) is 109 cm³/mol. The van der Waals surface area contributed by atoms with Gasteiger partial charge in [0.1, 0.15) is 24.2 Å². The molecule has 1 heterocycles. The zero-order chi connectivity index (χ0) is 18.8. The van der Waals surface area contributed by atoms with Crippen molar-refractivity contribution in [1.82, 2.24) is 0 Å². The summed E-state index contributed by atoms with van der Waals surface area (Å²) in [6.45, 7) is 0.399. The third-order valence-electron chi connectivity index (χ3n) is 4.22. The summed E-state index contributed by atoms with van der Waals surface area (Å²) >= 11 is 11.8. The van der Waals surface area contributed by atoms with Crippen LogP contribution in [0.3, 0.4) is 0 Å². The SMILES string of the molecule is O=c1c(-c2ccc(Cl)cc2)coc2cc(OCc3ccc(Cl)cc3)ccc12. The maximum absolute atomic E-state index is 12.8. The standard InChI is InChI=1S/C22H14Cl2O3/c23-16-5-1-14(2-6-16)12-26-18-9-10-19-21(11-18)27-13-20(22(19)25)15-3-7-17(24)8-4-15/h1-11,13H,12H2. The minimum atomic E-state index is -0.0946. The molecular formula is C22H14Cl2O3. The van der Waals surface area contributed by atoms with Crippen molar-refractivity contribution >= 4 is 34.2 Å². The highest BCUT2D eigenvalue weighted by atomic mass is 35.5. The van der Waals surface area contributed by atoms with Crippen molar-refractivity contribution in [2.45, 2.75) is 6.61 Å². The Bertz CT molecular complexity index is 1150. The number of hydrogen-bond donors (Lipinski definition) is 0. The fourth-order valence-electron chi connectivity index (χ4n) is 2.77. The Hall–Kier alpha value is -2.75. The summed E-state index contributed by atoms with van der Waals surface area (Å²) < 4.78 is 11.5. The van der Waals surface area contributed by atoms with E-state index in [1.165, 1.54) is 6.26 Å². The van der Waals surface area contributed by atoms with Crippen LogP contribution in [0.25, 0.3) is 22.1 Å². The van der Waals surface area contributed by atoms with Crippen LogP contribution in [0.15, 0.2) is 82.2 Å². The molecule has 1 aromatic heterocycles. The van der Waals surface area contributed by atoms with E-state index in [0.29, 0.717) is 38.9 Å². The van der Waals surface area contributed by atoms with Crippen LogP contribution in [0, 0.1) is 0 Å². The van der Waals surface area contributed by atoms with Crippen LogP contribution in [0.1, 0.15) is 5.56 Å². The lowest BCUT2D eigenvalue weighted by Gasteiger charge is -2.08. The fourth-order valence-corrected chi connectivity index (χ4v) is 3.03. The second-order valence-electron chi connectivity index (χ2n) is 6.06. The van der Waals surface area contributed by atoms with Crippen molar-refractivity contribution in [3.8, 4) is 16.9 Å². The highest BCUT2D eigenvalue weighted by molar-refractivity contribution is 6.30. The molecule has 0 aliphatic rings. The Morgan fingerprint density at radius 2 is 1.52 bits per heavy atom. The van der Waals surface area contributed by atoms with Crippen molar-refractivity contribution in [3.05, 3.63) is 98.8 Å². The molecule has 3 nitrogen and oxygen atoms in total. The van der Waals surface area contributed by atoms with E-state index in [2.05, 4.69) is 0 Å². The molecule has 3 aromatic carbocycles. The molecule has 4 rings (SSSR count). The van der Waals surface area contributed by atoms with Gasteiger partial charge < -0.3 is 9.15 Å². The van der Waals surface area contributed by atoms with Gasteiger partial charge in [0.25, 0.3) is 0 Å². The van der Waals surface area contributed by atoms with Crippen LogP contribution in [-0.2, 0) is 6.61 Å². The molecule has 0 radical (unpaired) electrons. The molecule has 0 aliphatic heterocycles. The number of hydrogen-bond acceptors (Lipinski definition) is 3. The van der Waals surface area contributed by atoms with Crippen molar-refractivity contribution < 1.29 is 9.15 Å². The largest absolute Gasteiger partial charge is 0.489 e. The molecule has 0 aliphatic carbocycles. The second kappa shape index (κ2) is 7.47. The van der Waals surface area contributed by atoms with Gasteiger partial charge in [-0.05, 0) is 47.5 Å². The molecule has 0 bridgehead atoms. The predicted octanol–water partition coefficient (Wildman–Crippen LogP) is 6.35. The van der Waals surface area contributed by atoms with E-state index in [0.717, 1.165) is 11.1 Å². The first-order valence-electron chi connectivity index (χ1n) is 8.29. The third kappa shape index (κ3) is 3.85. The molecule has 0 spiro atoms. The molecule has 27 heavy (non-hydrogen) atoms. The van der Waals surface area contributed by atoms with E-state index in [1.807, 2.05) is 24.3 Å². The van der Waals surface area contributed by atoms with Crippen LogP contribution < -0.4 is 10.2 Å². The van der Waals surface area contributed by atoms with E-state index >= 15 is 0 Å². The van der Waals surface area contributed by atoms with Gasteiger partial charge in [-0.3, -0.25) is 4.79 Å². The van der Waals surface area contributed by atoms with Gasteiger partial charge in [-0.1, -0.05) is 47.5 Å². The summed E-state index contributed by atoms with van der Waals surface area (Å²) in [5, 5.41) is 1.80. The number of benzene rings is 3. The van der Waals surface area contributed by atoms with E-state index in [1.54, 1.807) is 42.5 Å². The first-order valence-corrected chi connectivity index (χ1v) is 9.04.